The second-order valence-corrected chi connectivity index (χ2v) is 8.62. The maximum absolute atomic E-state index is 12.4. The lowest BCUT2D eigenvalue weighted by Gasteiger charge is -2.35. The Labute approximate surface area is 112 Å². The summed E-state index contributed by atoms with van der Waals surface area (Å²) in [6, 6.07) is 0.0130. The molecule has 2 atom stereocenters. The van der Waals surface area contributed by atoms with E-state index in [0.717, 1.165) is 25.9 Å². The van der Waals surface area contributed by atoms with Crippen LogP contribution in [-0.4, -0.2) is 44.7 Å². The van der Waals surface area contributed by atoms with Gasteiger partial charge in [-0.05, 0) is 44.2 Å². The first-order chi connectivity index (χ1) is 8.14. The molecule has 18 heavy (non-hydrogen) atoms. The number of sulfonamides is 1. The molecule has 0 saturated carbocycles. The molecule has 0 amide bonds. The largest absolute Gasteiger partial charge is 0.316 e. The first-order valence-corrected chi connectivity index (χ1v) is 8.42. The Morgan fingerprint density at radius 1 is 1.39 bits per heavy atom. The summed E-state index contributed by atoms with van der Waals surface area (Å²) in [7, 11) is -1.44. The van der Waals surface area contributed by atoms with Gasteiger partial charge in [-0.1, -0.05) is 20.8 Å². The van der Waals surface area contributed by atoms with Gasteiger partial charge < -0.3 is 5.32 Å². The molecule has 1 N–H and O–H groups in total. The lowest BCUT2D eigenvalue weighted by atomic mass is 9.88. The van der Waals surface area contributed by atoms with Gasteiger partial charge in [0.25, 0.3) is 0 Å². The molecule has 2 unspecified atom stereocenters. The molecule has 4 nitrogen and oxygen atoms in total. The number of nitrogens with one attached hydrogen (secondary N) is 1. The Morgan fingerprint density at radius 2 is 2.00 bits per heavy atom. The van der Waals surface area contributed by atoms with Crippen LogP contribution in [0.3, 0.4) is 0 Å². The van der Waals surface area contributed by atoms with Gasteiger partial charge in [0.1, 0.15) is 0 Å². The van der Waals surface area contributed by atoms with E-state index in [9.17, 15) is 8.42 Å². The third-order valence-electron chi connectivity index (χ3n) is 4.08. The number of nitrogens with zero attached hydrogens (tertiary/aromatic N) is 1. The highest BCUT2D eigenvalue weighted by Crippen LogP contribution is 2.26. The summed E-state index contributed by atoms with van der Waals surface area (Å²) < 4.78 is 26.3. The van der Waals surface area contributed by atoms with Gasteiger partial charge >= 0.3 is 0 Å². The standard InChI is InChI=1S/C13H28N2O2S/c1-11(13(2,3)4)15(5)18(16,17)10-12-7-6-8-14-9-12/h11-12,14H,6-10H2,1-5H3. The number of hydrogen-bond donors (Lipinski definition) is 1. The highest BCUT2D eigenvalue weighted by atomic mass is 32.2. The molecule has 0 aliphatic carbocycles. The Hall–Kier alpha value is -0.130. The minimum atomic E-state index is -3.15. The van der Waals surface area contributed by atoms with Crippen LogP contribution in [0.2, 0.25) is 0 Å². The second kappa shape index (κ2) is 5.88. The van der Waals surface area contributed by atoms with E-state index in [1.165, 1.54) is 0 Å². The van der Waals surface area contributed by atoms with Crippen LogP contribution in [0.15, 0.2) is 0 Å². The molecule has 0 radical (unpaired) electrons. The quantitative estimate of drug-likeness (QED) is 0.850. The Bertz CT molecular complexity index is 354. The molecule has 108 valence electrons. The number of hydrogen-bond acceptors (Lipinski definition) is 3. The fraction of sp³-hybridized carbons (Fsp3) is 1.00. The first-order valence-electron chi connectivity index (χ1n) is 6.81. The van der Waals surface area contributed by atoms with Crippen molar-refractivity contribution in [1.82, 2.24) is 9.62 Å². The van der Waals surface area contributed by atoms with Gasteiger partial charge in [0.15, 0.2) is 0 Å². The SMILES string of the molecule is CC(N(C)S(=O)(=O)CC1CCCNC1)C(C)(C)C. The zero-order valence-corrected chi connectivity index (χ0v) is 13.2. The minimum Gasteiger partial charge on any atom is -0.316 e. The van der Waals surface area contributed by atoms with Gasteiger partial charge in [-0.25, -0.2) is 12.7 Å². The van der Waals surface area contributed by atoms with Gasteiger partial charge in [0.05, 0.1) is 5.75 Å². The van der Waals surface area contributed by atoms with Crippen molar-refractivity contribution in [3.8, 4) is 0 Å². The first kappa shape index (κ1) is 15.9. The maximum atomic E-state index is 12.4. The molecule has 0 aromatic carbocycles. The van der Waals surface area contributed by atoms with E-state index in [1.54, 1.807) is 11.4 Å². The van der Waals surface area contributed by atoms with E-state index in [-0.39, 0.29) is 23.1 Å². The maximum Gasteiger partial charge on any atom is 0.214 e. The molecule has 1 aliphatic rings. The summed E-state index contributed by atoms with van der Waals surface area (Å²) >= 11 is 0. The zero-order valence-electron chi connectivity index (χ0n) is 12.4. The van der Waals surface area contributed by atoms with Crippen LogP contribution in [-0.2, 0) is 10.0 Å². The Morgan fingerprint density at radius 3 is 2.44 bits per heavy atom. The highest BCUT2D eigenvalue weighted by Gasteiger charge is 2.33. The molecule has 1 aliphatic heterocycles. The molecule has 1 heterocycles. The fourth-order valence-electron chi connectivity index (χ4n) is 2.27. The average Bonchev–Trinajstić information content (AvgIpc) is 2.26. The van der Waals surface area contributed by atoms with E-state index in [4.69, 9.17) is 0 Å². The third kappa shape index (κ3) is 4.21. The fourth-order valence-corrected chi connectivity index (χ4v) is 4.18. The van der Waals surface area contributed by atoms with Crippen molar-refractivity contribution >= 4 is 10.0 Å². The van der Waals surface area contributed by atoms with Crippen LogP contribution in [0, 0.1) is 11.3 Å². The summed E-state index contributed by atoms with van der Waals surface area (Å²) in [6.07, 6.45) is 2.10. The Kier molecular flexibility index (Phi) is 5.21. The summed E-state index contributed by atoms with van der Waals surface area (Å²) in [6.45, 7) is 10.1. The molecule has 0 aromatic rings. The van der Waals surface area contributed by atoms with Crippen molar-refractivity contribution in [2.75, 3.05) is 25.9 Å². The minimum absolute atomic E-state index is 0.0130. The average molecular weight is 276 g/mol. The van der Waals surface area contributed by atoms with Gasteiger partial charge in [-0.3, -0.25) is 0 Å². The van der Waals surface area contributed by atoms with Crippen LogP contribution < -0.4 is 5.32 Å². The number of piperidine rings is 1. The smallest absolute Gasteiger partial charge is 0.214 e. The van der Waals surface area contributed by atoms with Crippen LogP contribution in [0.5, 0.6) is 0 Å². The van der Waals surface area contributed by atoms with Crippen LogP contribution in [0.25, 0.3) is 0 Å². The molecule has 5 heteroatoms. The second-order valence-electron chi connectivity index (χ2n) is 6.55. The lowest BCUT2D eigenvalue weighted by molar-refractivity contribution is 0.215. The lowest BCUT2D eigenvalue weighted by Crippen LogP contribution is -2.46. The van der Waals surface area contributed by atoms with Crippen LogP contribution in [0.4, 0.5) is 0 Å². The molecule has 0 aromatic heterocycles. The predicted octanol–water partition coefficient (Wildman–Crippen LogP) is 1.68. The van der Waals surface area contributed by atoms with Crippen molar-refractivity contribution in [1.29, 1.82) is 0 Å². The monoisotopic (exact) mass is 276 g/mol. The van der Waals surface area contributed by atoms with Crippen molar-refractivity contribution in [2.24, 2.45) is 11.3 Å². The van der Waals surface area contributed by atoms with E-state index in [2.05, 4.69) is 26.1 Å². The van der Waals surface area contributed by atoms with Crippen molar-refractivity contribution < 1.29 is 8.42 Å². The predicted molar refractivity (Wildman–Crippen MR) is 76.1 cm³/mol. The van der Waals surface area contributed by atoms with E-state index in [0.29, 0.717) is 0 Å². The summed E-state index contributed by atoms with van der Waals surface area (Å²) in [5.41, 5.74) is -0.0351. The van der Waals surface area contributed by atoms with Crippen molar-refractivity contribution in [2.45, 2.75) is 46.6 Å². The van der Waals surface area contributed by atoms with Gasteiger partial charge in [0.2, 0.25) is 10.0 Å². The molecule has 0 spiro atoms. The topological polar surface area (TPSA) is 49.4 Å². The molecule has 1 fully saturated rings. The molecule has 0 bridgehead atoms. The van der Waals surface area contributed by atoms with Crippen molar-refractivity contribution in [3.05, 3.63) is 0 Å². The molecule has 1 saturated heterocycles. The zero-order chi connectivity index (χ0) is 14.0. The number of rotatable bonds is 4. The van der Waals surface area contributed by atoms with E-state index in [1.807, 2.05) is 6.92 Å². The Balaban J connectivity index is 2.67. The van der Waals surface area contributed by atoms with Gasteiger partial charge in [-0.15, -0.1) is 0 Å². The van der Waals surface area contributed by atoms with Crippen LogP contribution in [0.1, 0.15) is 40.5 Å². The van der Waals surface area contributed by atoms with Gasteiger partial charge in [-0.2, -0.15) is 0 Å². The summed E-state index contributed by atoms with van der Waals surface area (Å²) in [4.78, 5) is 0. The van der Waals surface area contributed by atoms with E-state index < -0.39 is 10.0 Å². The van der Waals surface area contributed by atoms with Crippen LogP contribution >= 0.6 is 0 Å². The van der Waals surface area contributed by atoms with E-state index >= 15 is 0 Å². The van der Waals surface area contributed by atoms with Gasteiger partial charge in [0, 0.05) is 13.1 Å². The van der Waals surface area contributed by atoms with Crippen molar-refractivity contribution in [3.63, 3.8) is 0 Å². The molecular formula is C13H28N2O2S. The third-order valence-corrected chi connectivity index (χ3v) is 6.17. The normalized spacial score (nSPS) is 24.2. The molecular weight excluding hydrogens is 248 g/mol. The highest BCUT2D eigenvalue weighted by molar-refractivity contribution is 7.89. The molecule has 1 rings (SSSR count). The summed E-state index contributed by atoms with van der Waals surface area (Å²) in [5, 5.41) is 3.27. The summed E-state index contributed by atoms with van der Waals surface area (Å²) in [5.74, 6) is 0.537.